The molecule has 2 aromatic carbocycles. The number of aromatic nitrogens is 1. The summed E-state index contributed by atoms with van der Waals surface area (Å²) in [4.78, 5) is 52.3. The molecule has 48 heavy (non-hydrogen) atoms. The minimum Gasteiger partial charge on any atom is -0.368 e. The first-order chi connectivity index (χ1) is 22.5. The molecule has 0 spiro atoms. The molecular weight excluding hydrogens is 630 g/mol. The quantitative estimate of drug-likeness (QED) is 0.211. The molecule has 5 atom stereocenters. The molecule has 0 aliphatic heterocycles. The zero-order valence-electron chi connectivity index (χ0n) is 27.9. The summed E-state index contributed by atoms with van der Waals surface area (Å²) in [7, 11) is 1.53. The van der Waals surface area contributed by atoms with Crippen molar-refractivity contribution in [2.45, 2.75) is 84.5 Å². The Morgan fingerprint density at radius 1 is 0.979 bits per heavy atom. The highest BCUT2D eigenvalue weighted by atomic mass is 19.4. The molecule has 6 N–H and O–H groups in total. The van der Waals surface area contributed by atoms with Crippen LogP contribution in [0.4, 0.5) is 17.6 Å². The predicted octanol–water partition coefficient (Wildman–Crippen LogP) is 5.03. The van der Waals surface area contributed by atoms with E-state index < -0.39 is 47.4 Å². The van der Waals surface area contributed by atoms with Gasteiger partial charge in [-0.05, 0) is 54.4 Å². The second-order valence-electron chi connectivity index (χ2n) is 12.5. The van der Waals surface area contributed by atoms with E-state index in [4.69, 9.17) is 11.5 Å². The number of nitrogens with two attached hydrogens (primary N) is 2. The summed E-state index contributed by atoms with van der Waals surface area (Å²) in [5.74, 6) is -2.69. The number of H-pyrrole nitrogens is 1. The lowest BCUT2D eigenvalue weighted by Crippen LogP contribution is -2.50. The van der Waals surface area contributed by atoms with Gasteiger partial charge in [-0.15, -0.1) is 0 Å². The molecule has 1 aliphatic rings. The number of primary amides is 2. The Morgan fingerprint density at radius 3 is 2.19 bits per heavy atom. The number of nitrogens with one attached hydrogen (secondary N) is 2. The minimum atomic E-state index is -4.45. The number of hydrogen-bond acceptors (Lipinski definition) is 4. The maximum Gasteiger partial charge on any atom is 0.418 e. The second-order valence-corrected chi connectivity index (χ2v) is 12.5. The number of carbonyl (C=O) groups excluding carboxylic acids is 4. The van der Waals surface area contributed by atoms with Crippen LogP contribution in [0, 0.1) is 23.6 Å². The van der Waals surface area contributed by atoms with Gasteiger partial charge in [-0.2, -0.15) is 13.2 Å². The smallest absolute Gasteiger partial charge is 0.368 e. The van der Waals surface area contributed by atoms with Crippen molar-refractivity contribution in [1.82, 2.24) is 15.2 Å². The van der Waals surface area contributed by atoms with Crippen molar-refractivity contribution in [2.75, 3.05) is 7.05 Å². The van der Waals surface area contributed by atoms with Crippen LogP contribution in [0.2, 0.25) is 0 Å². The van der Waals surface area contributed by atoms with Gasteiger partial charge in [0.25, 0.3) is 0 Å². The van der Waals surface area contributed by atoms with Crippen LogP contribution in [0.15, 0.2) is 42.5 Å². The van der Waals surface area contributed by atoms with Crippen molar-refractivity contribution in [1.29, 1.82) is 0 Å². The molecular formula is C35H45F4N5O4. The summed E-state index contributed by atoms with van der Waals surface area (Å²) in [6, 6.07) is 8.77. The highest BCUT2D eigenvalue weighted by Gasteiger charge is 2.36. The fourth-order valence-electron chi connectivity index (χ4n) is 6.06. The number of hydrogen-bond donors (Lipinski definition) is 4. The SMILES string of the molecule is CCC(C)[C@@H](C(N)=O)N(C)C(=O)Cc1ccccc1F.CCC(C)[C@H](NC(=O)C1CCc2[nH]c3c(C(F)(F)F)cccc3c2C1)C(N)=O. The van der Waals surface area contributed by atoms with E-state index in [1.165, 1.54) is 24.1 Å². The topological polar surface area (TPSA) is 151 Å². The zero-order valence-corrected chi connectivity index (χ0v) is 27.9. The zero-order chi connectivity index (χ0) is 35.9. The molecule has 0 saturated carbocycles. The summed E-state index contributed by atoms with van der Waals surface area (Å²) < 4.78 is 53.4. The molecule has 0 saturated heterocycles. The number of aromatic amines is 1. The third kappa shape index (κ3) is 8.93. The third-order valence-corrected chi connectivity index (χ3v) is 9.30. The van der Waals surface area contributed by atoms with Crippen LogP contribution in [0.25, 0.3) is 10.9 Å². The van der Waals surface area contributed by atoms with Gasteiger partial charge in [0, 0.05) is 24.0 Å². The molecule has 3 aromatic rings. The van der Waals surface area contributed by atoms with Gasteiger partial charge in [-0.3, -0.25) is 19.2 Å². The molecule has 3 unspecified atom stereocenters. The first-order valence-corrected chi connectivity index (χ1v) is 16.1. The van der Waals surface area contributed by atoms with Crippen molar-refractivity contribution in [3.8, 4) is 0 Å². The molecule has 0 bridgehead atoms. The van der Waals surface area contributed by atoms with Crippen LogP contribution in [-0.2, 0) is 44.6 Å². The van der Waals surface area contributed by atoms with E-state index in [-0.39, 0.29) is 35.6 Å². The number of nitrogens with zero attached hydrogens (tertiary/aromatic N) is 1. The number of fused-ring (bicyclic) bond motifs is 3. The van der Waals surface area contributed by atoms with Crippen LogP contribution >= 0.6 is 0 Å². The molecule has 4 rings (SSSR count). The molecule has 1 heterocycles. The summed E-state index contributed by atoms with van der Waals surface area (Å²) in [6.45, 7) is 7.54. The minimum absolute atomic E-state index is 0.0397. The van der Waals surface area contributed by atoms with E-state index >= 15 is 0 Å². The van der Waals surface area contributed by atoms with Crippen molar-refractivity contribution in [3.05, 3.63) is 70.7 Å². The van der Waals surface area contributed by atoms with Gasteiger partial charge in [-0.1, -0.05) is 70.9 Å². The summed E-state index contributed by atoms with van der Waals surface area (Å²) in [6.07, 6.45) is -1.81. The first-order valence-electron chi connectivity index (χ1n) is 16.1. The largest absolute Gasteiger partial charge is 0.418 e. The number of halogens is 4. The maximum atomic E-state index is 13.5. The normalized spacial score (nSPS) is 16.8. The Kier molecular flexibility index (Phi) is 12.8. The van der Waals surface area contributed by atoms with Crippen molar-refractivity contribution in [3.63, 3.8) is 0 Å². The van der Waals surface area contributed by atoms with Gasteiger partial charge < -0.3 is 26.7 Å². The second kappa shape index (κ2) is 16.1. The number of alkyl halides is 3. The summed E-state index contributed by atoms with van der Waals surface area (Å²) in [5.41, 5.74) is 11.9. The number of amides is 4. The molecule has 4 amide bonds. The average Bonchev–Trinajstić information content (AvgIpc) is 3.41. The Labute approximate surface area is 277 Å². The van der Waals surface area contributed by atoms with Gasteiger partial charge in [-0.25, -0.2) is 4.39 Å². The Hall–Kier alpha value is -4.42. The molecule has 262 valence electrons. The van der Waals surface area contributed by atoms with Gasteiger partial charge >= 0.3 is 6.18 Å². The van der Waals surface area contributed by atoms with E-state index in [1.54, 1.807) is 24.3 Å². The lowest BCUT2D eigenvalue weighted by molar-refractivity contribution is -0.139. The number of carbonyl (C=O) groups is 4. The van der Waals surface area contributed by atoms with Crippen LogP contribution < -0.4 is 16.8 Å². The van der Waals surface area contributed by atoms with Crippen molar-refractivity contribution >= 4 is 34.5 Å². The number of para-hydroxylation sites is 1. The van der Waals surface area contributed by atoms with Crippen molar-refractivity contribution in [2.24, 2.45) is 29.2 Å². The van der Waals surface area contributed by atoms with Gasteiger partial charge in [0.1, 0.15) is 17.9 Å². The summed E-state index contributed by atoms with van der Waals surface area (Å²) >= 11 is 0. The average molecular weight is 676 g/mol. The van der Waals surface area contributed by atoms with Crippen LogP contribution in [0.5, 0.6) is 0 Å². The molecule has 13 heteroatoms. The highest BCUT2D eigenvalue weighted by molar-refractivity contribution is 5.91. The molecule has 1 aliphatic carbocycles. The predicted molar refractivity (Wildman–Crippen MR) is 175 cm³/mol. The van der Waals surface area contributed by atoms with E-state index in [9.17, 15) is 36.7 Å². The number of likely N-dealkylation sites (N-methyl/N-ethyl adjacent to an activating group) is 1. The Bertz CT molecular complexity index is 1620. The maximum absolute atomic E-state index is 13.5. The van der Waals surface area contributed by atoms with E-state index in [2.05, 4.69) is 10.3 Å². The molecule has 9 nitrogen and oxygen atoms in total. The van der Waals surface area contributed by atoms with Gasteiger partial charge in [0.15, 0.2) is 0 Å². The van der Waals surface area contributed by atoms with Gasteiger partial charge in [0.2, 0.25) is 23.6 Å². The van der Waals surface area contributed by atoms with Crippen molar-refractivity contribution < 1.29 is 36.7 Å². The fourth-order valence-corrected chi connectivity index (χ4v) is 6.06. The molecule has 0 fully saturated rings. The molecule has 1 aromatic heterocycles. The lowest BCUT2D eigenvalue weighted by atomic mass is 9.85. The van der Waals surface area contributed by atoms with Crippen LogP contribution in [0.1, 0.15) is 69.3 Å². The molecule has 0 radical (unpaired) electrons. The Balaban J connectivity index is 0.000000277. The lowest BCUT2D eigenvalue weighted by Gasteiger charge is -2.30. The van der Waals surface area contributed by atoms with E-state index in [1.807, 2.05) is 27.7 Å². The number of benzene rings is 2. The van der Waals surface area contributed by atoms with Gasteiger partial charge in [0.05, 0.1) is 17.5 Å². The van der Waals surface area contributed by atoms with E-state index in [0.29, 0.717) is 36.6 Å². The fraction of sp³-hybridized carbons (Fsp3) is 0.486. The number of aryl methyl sites for hydroxylation is 1. The number of rotatable bonds is 11. The van der Waals surface area contributed by atoms with E-state index in [0.717, 1.165) is 23.7 Å². The first kappa shape index (κ1) is 38.0. The summed E-state index contributed by atoms with van der Waals surface area (Å²) in [5, 5.41) is 3.24. The Morgan fingerprint density at radius 2 is 1.62 bits per heavy atom. The highest BCUT2D eigenvalue weighted by Crippen LogP contribution is 2.39. The van der Waals surface area contributed by atoms with Crippen LogP contribution in [-0.4, -0.2) is 52.6 Å². The van der Waals surface area contributed by atoms with Crippen LogP contribution in [0.3, 0.4) is 0 Å². The third-order valence-electron chi connectivity index (χ3n) is 9.30. The monoisotopic (exact) mass is 675 g/mol. The standard InChI is InChI=1S/C20H24F3N3O2.C15H21FN2O2/c1-3-10(2)16(18(24)27)26-19(28)11-7-8-15-13(9-11)12-5-4-6-14(17(12)25-15)20(21,22)23;1-4-10(2)14(15(17)20)18(3)13(19)9-11-7-5-6-8-12(11)16/h4-6,10-11,16,25H,3,7-9H2,1-2H3,(H2,24,27)(H,26,28);5-8,10,14H,4,9H2,1-3H3,(H2,17,20)/t10?,11?,16-;10?,14-/m00/s1.